The van der Waals surface area contributed by atoms with Crippen LogP contribution in [0.3, 0.4) is 0 Å². The van der Waals surface area contributed by atoms with Gasteiger partial charge in [-0.05, 0) is 48.9 Å². The molecule has 88 heavy (non-hydrogen) atoms. The van der Waals surface area contributed by atoms with E-state index in [2.05, 4.69) is 31.6 Å². The first-order valence-corrected chi connectivity index (χ1v) is 28.8. The number of anilines is 1. The summed E-state index contributed by atoms with van der Waals surface area (Å²) in [6.45, 7) is 10.2. The third kappa shape index (κ3) is 39.5. The molecule has 10 N–H and O–H groups in total. The average molecular weight is 1250 g/mol. The lowest BCUT2D eigenvalue weighted by Crippen LogP contribution is -2.48. The number of carboxylic acids is 1. The van der Waals surface area contributed by atoms with Gasteiger partial charge < -0.3 is 105 Å². The van der Waals surface area contributed by atoms with Gasteiger partial charge in [-0.1, -0.05) is 6.07 Å². The minimum atomic E-state index is -1.45. The molecule has 1 unspecified atom stereocenters. The van der Waals surface area contributed by atoms with Gasteiger partial charge in [-0.15, -0.1) is 0 Å². The zero-order valence-corrected chi connectivity index (χ0v) is 49.8. The number of nitrogens with zero attached hydrogens (tertiary/aromatic N) is 2. The van der Waals surface area contributed by atoms with Crippen LogP contribution in [-0.4, -0.2) is 261 Å². The molecule has 7 amide bonds. The van der Waals surface area contributed by atoms with E-state index in [0.717, 1.165) is 4.90 Å². The number of benzene rings is 2. The summed E-state index contributed by atoms with van der Waals surface area (Å²) in [5.41, 5.74) is 11.6. The Labute approximate surface area is 511 Å². The molecule has 1 aliphatic heterocycles. The Morgan fingerprint density at radius 2 is 0.955 bits per heavy atom. The predicted octanol–water partition coefficient (Wildman–Crippen LogP) is -1.17. The van der Waals surface area contributed by atoms with Crippen molar-refractivity contribution in [2.24, 2.45) is 16.5 Å². The molecule has 1 atom stereocenters. The third-order valence-electron chi connectivity index (χ3n) is 11.4. The first-order chi connectivity index (χ1) is 42.8. The summed E-state index contributed by atoms with van der Waals surface area (Å²) in [6, 6.07) is 10.8. The van der Waals surface area contributed by atoms with Crippen LogP contribution in [0.2, 0.25) is 0 Å². The van der Waals surface area contributed by atoms with Crippen LogP contribution in [0.25, 0.3) is 0 Å². The Balaban J connectivity index is 0.976. The Morgan fingerprint density at radius 3 is 1.42 bits per heavy atom. The van der Waals surface area contributed by atoms with E-state index in [1.807, 2.05) is 0 Å². The van der Waals surface area contributed by atoms with Gasteiger partial charge in [-0.2, -0.15) is 0 Å². The first-order valence-electron chi connectivity index (χ1n) is 28.8. The molecule has 2 aromatic rings. The van der Waals surface area contributed by atoms with Crippen LogP contribution < -0.4 is 42.8 Å². The second kappa shape index (κ2) is 49.7. The predicted molar refractivity (Wildman–Crippen MR) is 315 cm³/mol. The van der Waals surface area contributed by atoms with Crippen molar-refractivity contribution < 1.29 is 105 Å². The number of guanidine groups is 1. The maximum absolute atomic E-state index is 12.9. The van der Waals surface area contributed by atoms with Crippen molar-refractivity contribution >= 4 is 64.7 Å². The van der Waals surface area contributed by atoms with Crippen LogP contribution in [0.5, 0.6) is 5.75 Å². The zero-order chi connectivity index (χ0) is 63.5. The molecular weight excluding hydrogens is 1160 g/mol. The molecule has 0 bridgehead atoms. The van der Waals surface area contributed by atoms with Gasteiger partial charge in [0.05, 0.1) is 184 Å². The van der Waals surface area contributed by atoms with Crippen LogP contribution >= 0.6 is 0 Å². The summed E-state index contributed by atoms with van der Waals surface area (Å²) >= 11 is 0. The summed E-state index contributed by atoms with van der Waals surface area (Å²) in [4.78, 5) is 101. The molecule has 0 spiro atoms. The molecule has 1 aliphatic rings. The summed E-state index contributed by atoms with van der Waals surface area (Å²) in [7, 11) is 0. The van der Waals surface area contributed by atoms with Crippen molar-refractivity contribution in [3.8, 4) is 5.75 Å². The van der Waals surface area contributed by atoms with Crippen molar-refractivity contribution in [1.29, 1.82) is 0 Å². The summed E-state index contributed by atoms with van der Waals surface area (Å²) < 4.78 is 71.5. The second-order valence-electron chi connectivity index (χ2n) is 18.4. The number of amides is 7. The van der Waals surface area contributed by atoms with Crippen LogP contribution in [-0.2, 0) is 90.4 Å². The van der Waals surface area contributed by atoms with E-state index < -0.39 is 54.5 Å². The summed E-state index contributed by atoms with van der Waals surface area (Å²) in [6.07, 6.45) is 2.39. The van der Waals surface area contributed by atoms with Crippen LogP contribution in [0, 0.1) is 0 Å². The van der Waals surface area contributed by atoms with Gasteiger partial charge in [0.15, 0.2) is 5.96 Å². The number of ether oxygens (including phenoxy) is 13. The highest BCUT2D eigenvalue weighted by Gasteiger charge is 2.25. The van der Waals surface area contributed by atoms with Gasteiger partial charge in [-0.3, -0.25) is 43.3 Å². The topological polar surface area (TPSA) is 405 Å². The fourth-order valence-electron chi connectivity index (χ4n) is 7.10. The lowest BCUT2D eigenvalue weighted by molar-refractivity contribution is -0.140. The minimum Gasteiger partial charge on any atom is -0.494 e. The van der Waals surface area contributed by atoms with Crippen LogP contribution in [0.1, 0.15) is 36.0 Å². The highest BCUT2D eigenvalue weighted by Crippen LogP contribution is 2.17. The number of nitrogens with two attached hydrogens (primary N) is 2. The highest BCUT2D eigenvalue weighted by molar-refractivity contribution is 6.13. The standard InChI is InChI=1S/C57H87N9O22/c58-57(59)64-46-4-1-3-44(41-46)55(74)62-43-51(69)65-48(42-54(72)73)56(75)63-45-5-7-47(8-6-45)88-16-2-13-60-50(68)12-17-76-19-21-78-23-25-80-27-29-82-31-33-84-35-37-86-39-40-87-38-36-85-34-32-83-30-28-81-26-24-79-22-20-77-18-14-61-49(67)11-15-66-52(70)9-10-53(66)71/h1,3-10,41,48H,2,11-40,42-43H2,(H,60,68)(H,61,67)(H,62,74)(H,63,75)(H,65,69)(H,72,73)(H4,58,59,64). The van der Waals surface area contributed by atoms with E-state index in [1.165, 1.54) is 24.3 Å². The lowest BCUT2D eigenvalue weighted by Gasteiger charge is -2.17. The van der Waals surface area contributed by atoms with E-state index in [-0.39, 0.29) is 49.3 Å². The van der Waals surface area contributed by atoms with Gasteiger partial charge in [-0.25, -0.2) is 4.99 Å². The van der Waals surface area contributed by atoms with E-state index in [1.54, 1.807) is 36.4 Å². The molecule has 0 saturated carbocycles. The molecule has 31 nitrogen and oxygen atoms in total. The molecule has 1 heterocycles. The van der Waals surface area contributed by atoms with Gasteiger partial charge in [0, 0.05) is 55.9 Å². The molecule has 0 saturated heterocycles. The molecule has 0 aliphatic carbocycles. The number of aliphatic imine (C=N–C) groups is 1. The second-order valence-corrected chi connectivity index (χ2v) is 18.4. The van der Waals surface area contributed by atoms with Crippen LogP contribution in [0.15, 0.2) is 65.7 Å². The molecule has 0 radical (unpaired) electrons. The Kier molecular flexibility index (Phi) is 42.3. The summed E-state index contributed by atoms with van der Waals surface area (Å²) in [5, 5.41) is 22.1. The molecule has 31 heteroatoms. The molecule has 2 aromatic carbocycles. The van der Waals surface area contributed by atoms with Crippen molar-refractivity contribution in [1.82, 2.24) is 26.2 Å². The molecule has 492 valence electrons. The largest absolute Gasteiger partial charge is 0.494 e. The van der Waals surface area contributed by atoms with E-state index in [4.69, 9.17) is 73.0 Å². The monoisotopic (exact) mass is 1250 g/mol. The fourth-order valence-corrected chi connectivity index (χ4v) is 7.10. The first kappa shape index (κ1) is 75.0. The number of hydrogen-bond donors (Lipinski definition) is 8. The van der Waals surface area contributed by atoms with Crippen molar-refractivity contribution in [2.45, 2.75) is 31.7 Å². The van der Waals surface area contributed by atoms with Crippen molar-refractivity contribution in [2.75, 3.05) is 197 Å². The average Bonchev–Trinajstić information content (AvgIpc) is 4.07. The fraction of sp³-hybridized carbons (Fsp3) is 0.596. The highest BCUT2D eigenvalue weighted by atomic mass is 16.6. The Hall–Kier alpha value is -7.27. The molecule has 0 aromatic heterocycles. The Bertz CT molecular complexity index is 2370. The third-order valence-corrected chi connectivity index (χ3v) is 11.4. The number of carbonyl (C=O) groups is 8. The van der Waals surface area contributed by atoms with E-state index in [0.29, 0.717) is 195 Å². The smallest absolute Gasteiger partial charge is 0.305 e. The zero-order valence-electron chi connectivity index (χ0n) is 49.8. The lowest BCUT2D eigenvalue weighted by atomic mass is 10.1. The van der Waals surface area contributed by atoms with Crippen molar-refractivity contribution in [3.63, 3.8) is 0 Å². The maximum atomic E-state index is 12.9. The van der Waals surface area contributed by atoms with E-state index in [9.17, 15) is 43.5 Å². The molecular formula is C57H87N9O22. The number of hydrogen-bond acceptors (Lipinski definition) is 22. The maximum Gasteiger partial charge on any atom is 0.305 e. The minimum absolute atomic E-state index is 0.0358. The molecule has 0 fully saturated rings. The SMILES string of the molecule is NC(N)=Nc1cccc(C(=O)NCC(=O)NC(CC(=O)O)C(=O)Nc2ccc(OCCCNC(=O)CCOCCOCCOCCOCCOCCOCCOCCOCCOCCOCCOCCOCCNC(=O)CCN3C(=O)C=CC3=O)cc2)c1. The van der Waals surface area contributed by atoms with Crippen molar-refractivity contribution in [3.05, 3.63) is 66.2 Å². The number of carbonyl (C=O) groups excluding carboxylic acids is 7. The number of imide groups is 1. The number of aliphatic carboxylic acids is 1. The Morgan fingerprint density at radius 1 is 0.511 bits per heavy atom. The number of nitrogens with one attached hydrogen (secondary N) is 5. The normalized spacial score (nSPS) is 12.2. The number of rotatable bonds is 56. The quantitative estimate of drug-likeness (QED) is 0.0167. The summed E-state index contributed by atoms with van der Waals surface area (Å²) in [5.74, 6) is -4.51. The van der Waals surface area contributed by atoms with Gasteiger partial charge in [0.1, 0.15) is 11.8 Å². The van der Waals surface area contributed by atoms with Crippen LogP contribution in [0.4, 0.5) is 11.4 Å². The van der Waals surface area contributed by atoms with Gasteiger partial charge in [0.25, 0.3) is 17.7 Å². The van der Waals surface area contributed by atoms with E-state index >= 15 is 0 Å². The number of carboxylic acid groups (broad SMARTS) is 1. The molecule has 3 rings (SSSR count). The van der Waals surface area contributed by atoms with Gasteiger partial charge >= 0.3 is 5.97 Å². The van der Waals surface area contributed by atoms with Gasteiger partial charge in [0.2, 0.25) is 23.6 Å².